The predicted molar refractivity (Wildman–Crippen MR) is 99.1 cm³/mol. The van der Waals surface area contributed by atoms with Gasteiger partial charge in [0.2, 0.25) is 0 Å². The summed E-state index contributed by atoms with van der Waals surface area (Å²) in [4.78, 5) is 23.4. The maximum absolute atomic E-state index is 11.7. The second-order valence-corrected chi connectivity index (χ2v) is 5.88. The molecule has 0 saturated carbocycles. The van der Waals surface area contributed by atoms with Gasteiger partial charge in [-0.1, -0.05) is 54.1 Å². The molecule has 0 spiro atoms. The number of amides is 1. The van der Waals surface area contributed by atoms with Gasteiger partial charge in [0.15, 0.2) is 6.61 Å². The number of rotatable bonds is 7. The molecule has 2 aromatic rings. The fourth-order valence-electron chi connectivity index (χ4n) is 2.30. The summed E-state index contributed by atoms with van der Waals surface area (Å²) in [6, 6.07) is 15.8. The number of carbonyl (C=O) groups is 2. The first-order chi connectivity index (χ1) is 12.0. The van der Waals surface area contributed by atoms with Crippen LogP contribution >= 0.6 is 0 Å². The smallest absolute Gasteiger partial charge is 0.331 e. The van der Waals surface area contributed by atoms with E-state index in [-0.39, 0.29) is 12.5 Å². The Morgan fingerprint density at radius 3 is 2.48 bits per heavy atom. The minimum Gasteiger partial charge on any atom is -0.452 e. The van der Waals surface area contributed by atoms with Crippen LogP contribution in [0.1, 0.15) is 22.3 Å². The first-order valence-corrected chi connectivity index (χ1v) is 8.27. The first-order valence-electron chi connectivity index (χ1n) is 8.27. The molecule has 2 aromatic carbocycles. The summed E-state index contributed by atoms with van der Waals surface area (Å²) in [5, 5.41) is 2.75. The summed E-state index contributed by atoms with van der Waals surface area (Å²) in [7, 11) is 0. The number of nitrogens with one attached hydrogen (secondary N) is 1. The van der Waals surface area contributed by atoms with Gasteiger partial charge < -0.3 is 10.1 Å². The Hall–Kier alpha value is -2.88. The molecular weight excluding hydrogens is 314 g/mol. The van der Waals surface area contributed by atoms with Gasteiger partial charge in [0.1, 0.15) is 0 Å². The summed E-state index contributed by atoms with van der Waals surface area (Å²) < 4.78 is 4.94. The highest BCUT2D eigenvalue weighted by atomic mass is 16.5. The van der Waals surface area contributed by atoms with Crippen LogP contribution in [0, 0.1) is 13.8 Å². The molecule has 0 radical (unpaired) electrons. The van der Waals surface area contributed by atoms with Crippen molar-refractivity contribution in [1.29, 1.82) is 0 Å². The van der Waals surface area contributed by atoms with Crippen molar-refractivity contribution < 1.29 is 14.3 Å². The fraction of sp³-hybridized carbons (Fsp3) is 0.238. The zero-order chi connectivity index (χ0) is 18.1. The molecule has 0 aliphatic heterocycles. The molecule has 130 valence electrons. The SMILES string of the molecule is Cc1ccc(/C=C/C(=O)OCC(=O)NCCc2ccccc2C)cc1. The zero-order valence-electron chi connectivity index (χ0n) is 14.6. The van der Waals surface area contributed by atoms with Crippen molar-refractivity contribution in [3.63, 3.8) is 0 Å². The lowest BCUT2D eigenvalue weighted by molar-refractivity contribution is -0.143. The molecule has 25 heavy (non-hydrogen) atoms. The minimum absolute atomic E-state index is 0.273. The average Bonchev–Trinajstić information content (AvgIpc) is 2.61. The van der Waals surface area contributed by atoms with Crippen LogP contribution in [0.2, 0.25) is 0 Å². The molecule has 4 heteroatoms. The van der Waals surface area contributed by atoms with E-state index in [2.05, 4.69) is 5.32 Å². The summed E-state index contributed by atoms with van der Waals surface area (Å²) in [6.07, 6.45) is 3.74. The van der Waals surface area contributed by atoms with E-state index < -0.39 is 5.97 Å². The molecule has 0 aliphatic carbocycles. The van der Waals surface area contributed by atoms with Gasteiger partial charge in [-0.15, -0.1) is 0 Å². The van der Waals surface area contributed by atoms with Crippen LogP contribution in [-0.2, 0) is 20.7 Å². The van der Waals surface area contributed by atoms with Crippen LogP contribution in [-0.4, -0.2) is 25.0 Å². The summed E-state index contributed by atoms with van der Waals surface area (Å²) in [5.41, 5.74) is 4.46. The Bertz CT molecular complexity index is 748. The molecule has 0 unspecified atom stereocenters. The van der Waals surface area contributed by atoms with E-state index in [0.29, 0.717) is 6.54 Å². The second kappa shape index (κ2) is 9.42. The summed E-state index contributed by atoms with van der Waals surface area (Å²) >= 11 is 0. The minimum atomic E-state index is -0.533. The van der Waals surface area contributed by atoms with Crippen molar-refractivity contribution in [2.24, 2.45) is 0 Å². The number of ether oxygens (including phenoxy) is 1. The van der Waals surface area contributed by atoms with Crippen molar-refractivity contribution in [2.75, 3.05) is 13.2 Å². The van der Waals surface area contributed by atoms with Crippen molar-refractivity contribution in [3.05, 3.63) is 76.9 Å². The van der Waals surface area contributed by atoms with Crippen LogP contribution in [0.25, 0.3) is 6.08 Å². The number of carbonyl (C=O) groups excluding carboxylic acids is 2. The van der Waals surface area contributed by atoms with Gasteiger partial charge in [-0.05, 0) is 43.0 Å². The number of benzene rings is 2. The molecule has 1 N–H and O–H groups in total. The van der Waals surface area contributed by atoms with Gasteiger partial charge in [-0.3, -0.25) is 4.79 Å². The van der Waals surface area contributed by atoms with E-state index in [0.717, 1.165) is 17.5 Å². The quantitative estimate of drug-likeness (QED) is 0.623. The van der Waals surface area contributed by atoms with E-state index in [1.54, 1.807) is 6.08 Å². The number of hydrogen-bond acceptors (Lipinski definition) is 3. The molecule has 0 atom stereocenters. The maximum atomic E-state index is 11.7. The third-order valence-electron chi connectivity index (χ3n) is 3.81. The van der Waals surface area contributed by atoms with Crippen molar-refractivity contribution >= 4 is 18.0 Å². The highest BCUT2D eigenvalue weighted by molar-refractivity contribution is 5.89. The van der Waals surface area contributed by atoms with Crippen LogP contribution in [0.3, 0.4) is 0 Å². The molecule has 0 aliphatic rings. The lowest BCUT2D eigenvalue weighted by Gasteiger charge is -2.07. The molecule has 0 aromatic heterocycles. The van der Waals surface area contributed by atoms with E-state index in [1.807, 2.05) is 62.4 Å². The zero-order valence-corrected chi connectivity index (χ0v) is 14.6. The summed E-state index contributed by atoms with van der Waals surface area (Å²) in [5.74, 6) is -0.833. The molecule has 2 rings (SSSR count). The fourth-order valence-corrected chi connectivity index (χ4v) is 2.30. The van der Waals surface area contributed by atoms with Gasteiger partial charge in [0.05, 0.1) is 0 Å². The Kier molecular flexibility index (Phi) is 6.96. The number of esters is 1. The Morgan fingerprint density at radius 1 is 1.04 bits per heavy atom. The van der Waals surface area contributed by atoms with Gasteiger partial charge in [0.25, 0.3) is 5.91 Å². The van der Waals surface area contributed by atoms with E-state index in [9.17, 15) is 9.59 Å². The molecular formula is C21H23NO3. The average molecular weight is 337 g/mol. The van der Waals surface area contributed by atoms with Crippen LogP contribution in [0.5, 0.6) is 0 Å². The van der Waals surface area contributed by atoms with Crippen LogP contribution in [0.4, 0.5) is 0 Å². The largest absolute Gasteiger partial charge is 0.452 e. The van der Waals surface area contributed by atoms with Gasteiger partial charge in [-0.25, -0.2) is 4.79 Å². The van der Waals surface area contributed by atoms with E-state index in [4.69, 9.17) is 4.74 Å². The van der Waals surface area contributed by atoms with Crippen molar-refractivity contribution in [1.82, 2.24) is 5.32 Å². The highest BCUT2D eigenvalue weighted by Gasteiger charge is 2.05. The molecule has 1 amide bonds. The van der Waals surface area contributed by atoms with E-state index >= 15 is 0 Å². The maximum Gasteiger partial charge on any atom is 0.331 e. The summed E-state index contributed by atoms with van der Waals surface area (Å²) in [6.45, 7) is 4.28. The molecule has 0 bridgehead atoms. The lowest BCUT2D eigenvalue weighted by Crippen LogP contribution is -2.30. The van der Waals surface area contributed by atoms with Gasteiger partial charge in [0, 0.05) is 12.6 Å². The third-order valence-corrected chi connectivity index (χ3v) is 3.81. The molecule has 4 nitrogen and oxygen atoms in total. The molecule has 0 fully saturated rings. The standard InChI is InChI=1S/C21H23NO3/c1-16-7-9-18(10-8-16)11-12-21(24)25-15-20(23)22-14-13-19-6-4-3-5-17(19)2/h3-12H,13-15H2,1-2H3,(H,22,23)/b12-11+. The predicted octanol–water partition coefficient (Wildman–Crippen LogP) is 3.22. The monoisotopic (exact) mass is 337 g/mol. The van der Waals surface area contributed by atoms with Crippen LogP contribution in [0.15, 0.2) is 54.6 Å². The Morgan fingerprint density at radius 2 is 1.76 bits per heavy atom. The third kappa shape index (κ3) is 6.63. The van der Waals surface area contributed by atoms with Gasteiger partial charge >= 0.3 is 5.97 Å². The molecule has 0 heterocycles. The highest BCUT2D eigenvalue weighted by Crippen LogP contribution is 2.07. The number of hydrogen-bond donors (Lipinski definition) is 1. The van der Waals surface area contributed by atoms with Crippen molar-refractivity contribution in [2.45, 2.75) is 20.3 Å². The Labute approximate surface area is 148 Å². The lowest BCUT2D eigenvalue weighted by atomic mass is 10.1. The Balaban J connectivity index is 1.68. The van der Waals surface area contributed by atoms with Crippen LogP contribution < -0.4 is 5.32 Å². The first kappa shape index (κ1) is 18.5. The molecule has 0 saturated heterocycles. The second-order valence-electron chi connectivity index (χ2n) is 5.88. The normalized spacial score (nSPS) is 10.6. The topological polar surface area (TPSA) is 55.4 Å². The van der Waals surface area contributed by atoms with Gasteiger partial charge in [-0.2, -0.15) is 0 Å². The number of aryl methyl sites for hydroxylation is 2. The van der Waals surface area contributed by atoms with Crippen molar-refractivity contribution in [3.8, 4) is 0 Å². The van der Waals surface area contributed by atoms with E-state index in [1.165, 1.54) is 17.2 Å².